The SMILES string of the molecule is CO[C@]1(C(=O)O)C[C@H](O)[C@@H](NC(C)=O)[C@H]([C@H](O)[C@H](O)CNC(=O)c2ccccc2)O1. The first-order chi connectivity index (χ1) is 14.1. The number of aliphatic carboxylic acids is 1. The van der Waals surface area contributed by atoms with Crippen LogP contribution in [0.2, 0.25) is 0 Å². The highest BCUT2D eigenvalue weighted by atomic mass is 16.7. The van der Waals surface area contributed by atoms with E-state index in [9.17, 15) is 34.8 Å². The molecule has 0 radical (unpaired) electrons. The Hall–Kier alpha value is -2.57. The van der Waals surface area contributed by atoms with Crippen molar-refractivity contribution in [3.8, 4) is 0 Å². The van der Waals surface area contributed by atoms with Crippen molar-refractivity contribution in [1.82, 2.24) is 10.6 Å². The van der Waals surface area contributed by atoms with Crippen LogP contribution in [0.3, 0.4) is 0 Å². The van der Waals surface area contributed by atoms with E-state index in [-0.39, 0.29) is 0 Å². The second kappa shape index (κ2) is 9.96. The summed E-state index contributed by atoms with van der Waals surface area (Å²) in [6.07, 6.45) is -6.90. The lowest BCUT2D eigenvalue weighted by molar-refractivity contribution is -0.303. The lowest BCUT2D eigenvalue weighted by Gasteiger charge is -2.46. The number of aliphatic hydroxyl groups is 3. The van der Waals surface area contributed by atoms with Gasteiger partial charge >= 0.3 is 5.97 Å². The van der Waals surface area contributed by atoms with Gasteiger partial charge in [0, 0.05) is 32.6 Å². The third kappa shape index (κ3) is 5.32. The van der Waals surface area contributed by atoms with E-state index in [4.69, 9.17) is 9.47 Å². The molecular formula is C19H26N2O9. The molecule has 1 aliphatic heterocycles. The maximum absolute atomic E-state index is 12.1. The van der Waals surface area contributed by atoms with E-state index in [0.29, 0.717) is 5.56 Å². The number of carbonyl (C=O) groups excluding carboxylic acids is 2. The zero-order valence-corrected chi connectivity index (χ0v) is 16.5. The number of methoxy groups -OCH3 is 1. The van der Waals surface area contributed by atoms with E-state index in [1.807, 2.05) is 0 Å². The van der Waals surface area contributed by atoms with Gasteiger partial charge in [-0.25, -0.2) is 4.79 Å². The van der Waals surface area contributed by atoms with Gasteiger partial charge in [0.15, 0.2) is 0 Å². The van der Waals surface area contributed by atoms with Crippen LogP contribution in [0.4, 0.5) is 0 Å². The smallest absolute Gasteiger partial charge is 0.364 e. The molecule has 1 fully saturated rings. The first-order valence-electron chi connectivity index (χ1n) is 9.22. The Morgan fingerprint density at radius 3 is 2.43 bits per heavy atom. The quantitative estimate of drug-likeness (QED) is 0.281. The Labute approximate surface area is 172 Å². The highest BCUT2D eigenvalue weighted by molar-refractivity contribution is 5.94. The van der Waals surface area contributed by atoms with Crippen molar-refractivity contribution in [2.45, 2.75) is 49.6 Å². The van der Waals surface area contributed by atoms with Crippen molar-refractivity contribution in [3.05, 3.63) is 35.9 Å². The van der Waals surface area contributed by atoms with Crippen molar-refractivity contribution in [2.24, 2.45) is 0 Å². The third-order valence-electron chi connectivity index (χ3n) is 4.84. The number of aliphatic hydroxyl groups excluding tert-OH is 3. The number of amides is 2. The van der Waals surface area contributed by atoms with Crippen LogP contribution in [-0.2, 0) is 19.1 Å². The van der Waals surface area contributed by atoms with Crippen LogP contribution >= 0.6 is 0 Å². The molecule has 0 aromatic heterocycles. The van der Waals surface area contributed by atoms with Gasteiger partial charge in [-0.2, -0.15) is 0 Å². The fraction of sp³-hybridized carbons (Fsp3) is 0.526. The first-order valence-corrected chi connectivity index (χ1v) is 9.22. The standard InChI is InChI=1S/C19H26N2O9/c1-10(22)21-14-12(23)8-19(29-2,18(27)28)30-16(14)15(25)13(24)9-20-17(26)11-6-4-3-5-7-11/h3-7,12-16,23-25H,8-9H2,1-2H3,(H,20,26)(H,21,22)(H,27,28)/t12-,13+,14+,15+,16+,19+/m0/s1. The molecular weight excluding hydrogens is 400 g/mol. The number of rotatable bonds is 8. The van der Waals surface area contributed by atoms with Crippen LogP contribution < -0.4 is 10.6 Å². The van der Waals surface area contributed by atoms with Gasteiger partial charge in [-0.1, -0.05) is 18.2 Å². The summed E-state index contributed by atoms with van der Waals surface area (Å²) in [5.41, 5.74) is 0.337. The van der Waals surface area contributed by atoms with Crippen molar-refractivity contribution >= 4 is 17.8 Å². The van der Waals surface area contributed by atoms with E-state index in [1.54, 1.807) is 30.3 Å². The van der Waals surface area contributed by atoms with Gasteiger partial charge in [0.1, 0.15) is 12.2 Å². The third-order valence-corrected chi connectivity index (χ3v) is 4.84. The summed E-state index contributed by atoms with van der Waals surface area (Å²) >= 11 is 0. The number of nitrogens with one attached hydrogen (secondary N) is 2. The molecule has 1 heterocycles. The van der Waals surface area contributed by atoms with Gasteiger partial charge < -0.3 is 40.5 Å². The molecule has 0 unspecified atom stereocenters. The monoisotopic (exact) mass is 426 g/mol. The minimum atomic E-state index is -2.28. The molecule has 11 heteroatoms. The summed E-state index contributed by atoms with van der Waals surface area (Å²) in [5, 5.41) is 45.7. The van der Waals surface area contributed by atoms with E-state index in [2.05, 4.69) is 10.6 Å². The largest absolute Gasteiger partial charge is 0.477 e. The molecule has 6 N–H and O–H groups in total. The normalized spacial score (nSPS) is 28.2. The summed E-state index contributed by atoms with van der Waals surface area (Å²) < 4.78 is 10.3. The first kappa shape index (κ1) is 23.7. The maximum atomic E-state index is 12.1. The van der Waals surface area contributed by atoms with Crippen LogP contribution in [0, 0.1) is 0 Å². The second-order valence-corrected chi connectivity index (χ2v) is 6.98. The summed E-state index contributed by atoms with van der Waals surface area (Å²) in [7, 11) is 1.06. The van der Waals surface area contributed by atoms with Gasteiger partial charge in [-0.3, -0.25) is 9.59 Å². The molecule has 0 saturated carbocycles. The molecule has 6 atom stereocenters. The van der Waals surface area contributed by atoms with Crippen LogP contribution in [0.15, 0.2) is 30.3 Å². The Bertz CT molecular complexity index is 760. The average Bonchev–Trinajstić information content (AvgIpc) is 2.72. The number of carbonyl (C=O) groups is 3. The predicted molar refractivity (Wildman–Crippen MR) is 101 cm³/mol. The summed E-state index contributed by atoms with van der Waals surface area (Å²) in [4.78, 5) is 35.3. The maximum Gasteiger partial charge on any atom is 0.364 e. The number of benzene rings is 1. The number of carboxylic acid groups (broad SMARTS) is 1. The predicted octanol–water partition coefficient (Wildman–Crippen LogP) is -1.78. The Morgan fingerprint density at radius 1 is 1.27 bits per heavy atom. The molecule has 11 nitrogen and oxygen atoms in total. The van der Waals surface area contributed by atoms with Gasteiger partial charge in [-0.15, -0.1) is 0 Å². The molecule has 1 aromatic carbocycles. The number of hydrogen-bond acceptors (Lipinski definition) is 8. The molecule has 30 heavy (non-hydrogen) atoms. The molecule has 0 spiro atoms. The highest BCUT2D eigenvalue weighted by Crippen LogP contribution is 2.32. The lowest BCUT2D eigenvalue weighted by Crippen LogP contribution is -2.68. The second-order valence-electron chi connectivity index (χ2n) is 6.98. The minimum Gasteiger partial charge on any atom is -0.477 e. The summed E-state index contributed by atoms with van der Waals surface area (Å²) in [5.74, 6) is -4.89. The van der Waals surface area contributed by atoms with Crippen molar-refractivity contribution in [2.75, 3.05) is 13.7 Å². The number of carboxylic acids is 1. The number of ether oxygens (including phenoxy) is 2. The zero-order valence-electron chi connectivity index (χ0n) is 16.5. The van der Waals surface area contributed by atoms with Crippen LogP contribution in [-0.4, -0.2) is 88.1 Å². The van der Waals surface area contributed by atoms with E-state index < -0.39 is 67.0 Å². The van der Waals surface area contributed by atoms with Gasteiger partial charge in [0.2, 0.25) is 5.91 Å². The molecule has 1 aliphatic rings. The topological polar surface area (TPSA) is 175 Å². The highest BCUT2D eigenvalue weighted by Gasteiger charge is 2.55. The fourth-order valence-corrected chi connectivity index (χ4v) is 3.24. The van der Waals surface area contributed by atoms with Gasteiger partial charge in [0.25, 0.3) is 11.7 Å². The summed E-state index contributed by atoms with van der Waals surface area (Å²) in [6.45, 7) is 0.771. The summed E-state index contributed by atoms with van der Waals surface area (Å²) in [6, 6.07) is 6.95. The molecule has 2 amide bonds. The van der Waals surface area contributed by atoms with Crippen LogP contribution in [0.5, 0.6) is 0 Å². The average molecular weight is 426 g/mol. The van der Waals surface area contributed by atoms with Crippen LogP contribution in [0.1, 0.15) is 23.7 Å². The van der Waals surface area contributed by atoms with E-state index in [0.717, 1.165) is 7.11 Å². The van der Waals surface area contributed by atoms with Crippen molar-refractivity contribution < 1.29 is 44.3 Å². The molecule has 0 bridgehead atoms. The molecule has 0 aliphatic carbocycles. The molecule has 166 valence electrons. The van der Waals surface area contributed by atoms with E-state index >= 15 is 0 Å². The van der Waals surface area contributed by atoms with Crippen molar-refractivity contribution in [1.29, 1.82) is 0 Å². The Morgan fingerprint density at radius 2 is 1.90 bits per heavy atom. The minimum absolute atomic E-state index is 0.337. The lowest BCUT2D eigenvalue weighted by atomic mass is 9.88. The molecule has 1 aromatic rings. The Balaban J connectivity index is 2.16. The van der Waals surface area contributed by atoms with Crippen molar-refractivity contribution in [3.63, 3.8) is 0 Å². The molecule has 2 rings (SSSR count). The molecule has 1 saturated heterocycles. The van der Waals surface area contributed by atoms with Crippen LogP contribution in [0.25, 0.3) is 0 Å². The Kier molecular flexibility index (Phi) is 7.87. The van der Waals surface area contributed by atoms with E-state index in [1.165, 1.54) is 6.92 Å². The number of hydrogen-bond donors (Lipinski definition) is 6. The van der Waals surface area contributed by atoms with Gasteiger partial charge in [-0.05, 0) is 12.1 Å². The van der Waals surface area contributed by atoms with Gasteiger partial charge in [0.05, 0.1) is 18.2 Å². The fourth-order valence-electron chi connectivity index (χ4n) is 3.24. The zero-order chi connectivity index (χ0) is 22.5.